The first-order valence-electron chi connectivity index (χ1n) is 9.28. The van der Waals surface area contributed by atoms with Crippen LogP contribution in [0.4, 0.5) is 0 Å². The Morgan fingerprint density at radius 1 is 1.00 bits per heavy atom. The van der Waals surface area contributed by atoms with Gasteiger partial charge in [-0.15, -0.1) is 11.8 Å². The van der Waals surface area contributed by atoms with E-state index in [1.54, 1.807) is 69.6 Å². The summed E-state index contributed by atoms with van der Waals surface area (Å²) in [7, 11) is 0.848. The number of fused-ring (bicyclic) bond motifs is 1. The van der Waals surface area contributed by atoms with Crippen molar-refractivity contribution in [1.82, 2.24) is 9.29 Å². The highest BCUT2D eigenvalue weighted by molar-refractivity contribution is 8.01. The second-order valence-corrected chi connectivity index (χ2v) is 9.67. The first kappa shape index (κ1) is 20.8. The van der Waals surface area contributed by atoms with E-state index in [-0.39, 0.29) is 4.90 Å². The number of ether oxygens (including phenoxy) is 3. The van der Waals surface area contributed by atoms with Gasteiger partial charge in [-0.2, -0.15) is 4.31 Å². The lowest BCUT2D eigenvalue weighted by Gasteiger charge is -2.26. The van der Waals surface area contributed by atoms with Crippen molar-refractivity contribution in [1.29, 1.82) is 0 Å². The minimum atomic E-state index is -3.80. The van der Waals surface area contributed by atoms with Crippen molar-refractivity contribution in [2.75, 3.05) is 33.6 Å². The number of methoxy groups -OCH3 is 3. The van der Waals surface area contributed by atoms with E-state index in [4.69, 9.17) is 14.2 Å². The summed E-state index contributed by atoms with van der Waals surface area (Å²) in [6, 6.07) is 12.4. The molecular weight excluding hydrogens is 424 g/mol. The van der Waals surface area contributed by atoms with E-state index in [9.17, 15) is 8.42 Å². The number of para-hydroxylation sites is 1. The summed E-state index contributed by atoms with van der Waals surface area (Å²) in [5.74, 6) is 2.25. The van der Waals surface area contributed by atoms with Gasteiger partial charge >= 0.3 is 0 Å². The normalized spacial score (nSPS) is 17.2. The molecule has 2 aromatic carbocycles. The molecule has 1 unspecified atom stereocenters. The minimum Gasteiger partial charge on any atom is -0.496 e. The molecule has 3 aromatic rings. The molecule has 0 saturated carbocycles. The molecule has 0 aliphatic carbocycles. The molecule has 0 radical (unpaired) electrons. The van der Waals surface area contributed by atoms with Gasteiger partial charge in [-0.1, -0.05) is 18.2 Å². The molecule has 0 spiro atoms. The van der Waals surface area contributed by atoms with Gasteiger partial charge in [-0.25, -0.2) is 8.42 Å². The van der Waals surface area contributed by atoms with Crippen LogP contribution in [0.3, 0.4) is 0 Å². The standard InChI is InChI=1S/C21H22N2O5S2/c1-26-16-13-18(28-3)17(27-2)12-15(16)21-23(10-11-29-21)30(24,25)19-8-4-6-14-7-5-9-22-20(14)19/h4-9,12-13,21H,10-11H2,1-3H3. The first-order valence-corrected chi connectivity index (χ1v) is 11.8. The average Bonchev–Trinajstić information content (AvgIpc) is 3.28. The van der Waals surface area contributed by atoms with Gasteiger partial charge < -0.3 is 14.2 Å². The monoisotopic (exact) mass is 446 g/mol. The van der Waals surface area contributed by atoms with Gasteiger partial charge in [0.1, 0.15) is 10.6 Å². The van der Waals surface area contributed by atoms with Crippen LogP contribution in [0, 0.1) is 0 Å². The molecule has 0 N–H and O–H groups in total. The van der Waals surface area contributed by atoms with E-state index >= 15 is 0 Å². The Morgan fingerprint density at radius 3 is 2.43 bits per heavy atom. The Labute approximate surface area is 180 Å². The molecule has 1 aliphatic heterocycles. The first-order chi connectivity index (χ1) is 14.5. The average molecular weight is 447 g/mol. The van der Waals surface area contributed by atoms with E-state index in [1.807, 2.05) is 12.1 Å². The molecule has 1 aliphatic rings. The summed E-state index contributed by atoms with van der Waals surface area (Å²) in [5.41, 5.74) is 1.18. The topological polar surface area (TPSA) is 78.0 Å². The molecule has 158 valence electrons. The van der Waals surface area contributed by atoms with Crippen molar-refractivity contribution in [2.45, 2.75) is 10.3 Å². The molecule has 2 heterocycles. The number of pyridine rings is 1. The molecule has 9 heteroatoms. The second kappa shape index (κ2) is 8.33. The number of rotatable bonds is 6. The van der Waals surface area contributed by atoms with Gasteiger partial charge in [0.15, 0.2) is 11.5 Å². The molecule has 1 saturated heterocycles. The predicted molar refractivity (Wildman–Crippen MR) is 117 cm³/mol. The Bertz CT molecular complexity index is 1180. The van der Waals surface area contributed by atoms with Crippen molar-refractivity contribution in [3.8, 4) is 17.2 Å². The summed E-state index contributed by atoms with van der Waals surface area (Å²) >= 11 is 1.54. The fourth-order valence-corrected chi connectivity index (χ4v) is 7.02. The lowest BCUT2D eigenvalue weighted by Crippen LogP contribution is -2.31. The van der Waals surface area contributed by atoms with E-state index < -0.39 is 15.4 Å². The summed E-state index contributed by atoms with van der Waals surface area (Å²) in [6.45, 7) is 0.387. The second-order valence-electron chi connectivity index (χ2n) is 6.62. The number of hydrogen-bond acceptors (Lipinski definition) is 7. The van der Waals surface area contributed by atoms with E-state index in [2.05, 4.69) is 4.98 Å². The lowest BCUT2D eigenvalue weighted by molar-refractivity contribution is 0.344. The lowest BCUT2D eigenvalue weighted by atomic mass is 10.1. The van der Waals surface area contributed by atoms with Gasteiger partial charge in [0.05, 0.1) is 32.2 Å². The predicted octanol–water partition coefficient (Wildman–Crippen LogP) is 3.70. The van der Waals surface area contributed by atoms with Crippen LogP contribution in [0.5, 0.6) is 17.2 Å². The van der Waals surface area contributed by atoms with Gasteiger partial charge in [0.2, 0.25) is 10.0 Å². The number of aromatic nitrogens is 1. The number of hydrogen-bond donors (Lipinski definition) is 0. The molecule has 4 rings (SSSR count). The van der Waals surface area contributed by atoms with Crippen LogP contribution < -0.4 is 14.2 Å². The van der Waals surface area contributed by atoms with Crippen LogP contribution in [-0.4, -0.2) is 51.3 Å². The Morgan fingerprint density at radius 2 is 1.70 bits per heavy atom. The van der Waals surface area contributed by atoms with Crippen molar-refractivity contribution in [3.05, 3.63) is 54.2 Å². The SMILES string of the molecule is COc1cc(OC)c(C2SCCN2S(=O)(=O)c2cccc3cccnc23)cc1OC. The van der Waals surface area contributed by atoms with Crippen molar-refractivity contribution in [2.24, 2.45) is 0 Å². The van der Waals surface area contributed by atoms with Crippen molar-refractivity contribution < 1.29 is 22.6 Å². The summed E-state index contributed by atoms with van der Waals surface area (Å²) in [5, 5.41) is 0.328. The number of sulfonamides is 1. The highest BCUT2D eigenvalue weighted by Crippen LogP contribution is 2.48. The molecule has 7 nitrogen and oxygen atoms in total. The minimum absolute atomic E-state index is 0.201. The summed E-state index contributed by atoms with van der Waals surface area (Å²) in [6.07, 6.45) is 1.61. The smallest absolute Gasteiger partial charge is 0.246 e. The highest BCUT2D eigenvalue weighted by atomic mass is 32.2. The van der Waals surface area contributed by atoms with Gasteiger partial charge in [0, 0.05) is 35.5 Å². The molecule has 0 amide bonds. The van der Waals surface area contributed by atoms with Crippen LogP contribution in [0.2, 0.25) is 0 Å². The van der Waals surface area contributed by atoms with Crippen LogP contribution in [0.25, 0.3) is 10.9 Å². The fraction of sp³-hybridized carbons (Fsp3) is 0.286. The molecule has 1 atom stereocenters. The molecular formula is C21H22N2O5S2. The number of thioether (sulfide) groups is 1. The summed E-state index contributed by atoms with van der Waals surface area (Å²) in [4.78, 5) is 4.53. The quantitative estimate of drug-likeness (QED) is 0.571. The van der Waals surface area contributed by atoms with Crippen LogP contribution in [0.15, 0.2) is 53.6 Å². The highest BCUT2D eigenvalue weighted by Gasteiger charge is 2.39. The summed E-state index contributed by atoms with van der Waals surface area (Å²) < 4.78 is 45.2. The van der Waals surface area contributed by atoms with E-state index in [0.717, 1.165) is 10.9 Å². The molecule has 30 heavy (non-hydrogen) atoms. The number of benzene rings is 2. The van der Waals surface area contributed by atoms with Gasteiger partial charge in [-0.05, 0) is 18.2 Å². The van der Waals surface area contributed by atoms with Crippen LogP contribution in [0.1, 0.15) is 10.9 Å². The Kier molecular flexibility index (Phi) is 5.77. The largest absolute Gasteiger partial charge is 0.496 e. The van der Waals surface area contributed by atoms with E-state index in [1.165, 1.54) is 4.31 Å². The zero-order chi connectivity index (χ0) is 21.3. The zero-order valence-electron chi connectivity index (χ0n) is 16.9. The zero-order valence-corrected chi connectivity index (χ0v) is 18.5. The number of nitrogens with zero attached hydrogens (tertiary/aromatic N) is 2. The Hall–Kier alpha value is -2.49. The van der Waals surface area contributed by atoms with Crippen LogP contribution in [-0.2, 0) is 10.0 Å². The molecule has 0 bridgehead atoms. The maximum Gasteiger partial charge on any atom is 0.246 e. The van der Waals surface area contributed by atoms with Crippen molar-refractivity contribution in [3.63, 3.8) is 0 Å². The Balaban J connectivity index is 1.82. The maximum absolute atomic E-state index is 13.7. The maximum atomic E-state index is 13.7. The fourth-order valence-electron chi connectivity index (χ4n) is 3.60. The molecule has 1 aromatic heterocycles. The third-order valence-corrected chi connectivity index (χ3v) is 8.31. The van der Waals surface area contributed by atoms with Gasteiger partial charge in [0.25, 0.3) is 0 Å². The molecule has 1 fully saturated rings. The third kappa shape index (κ3) is 3.46. The van der Waals surface area contributed by atoms with Crippen LogP contribution >= 0.6 is 11.8 Å². The third-order valence-electron chi connectivity index (χ3n) is 5.03. The van der Waals surface area contributed by atoms with Crippen molar-refractivity contribution >= 4 is 32.7 Å². The van der Waals surface area contributed by atoms with E-state index in [0.29, 0.717) is 35.1 Å². The van der Waals surface area contributed by atoms with Gasteiger partial charge in [-0.3, -0.25) is 4.98 Å².